The molecule has 2 N–H and O–H groups in total. The first-order chi connectivity index (χ1) is 13.3. The average Bonchev–Trinajstić information content (AvgIpc) is 2.63. The zero-order valence-corrected chi connectivity index (χ0v) is 16.9. The third-order valence-corrected chi connectivity index (χ3v) is 4.32. The van der Waals surface area contributed by atoms with Crippen LogP contribution in [0.3, 0.4) is 0 Å². The van der Waals surface area contributed by atoms with Crippen LogP contribution in [0.1, 0.15) is 12.5 Å². The molecule has 0 saturated heterocycles. The van der Waals surface area contributed by atoms with Crippen LogP contribution in [0.4, 0.5) is 36.3 Å². The number of alkyl halides is 3. The first kappa shape index (κ1) is 20.2. The van der Waals surface area contributed by atoms with Crippen molar-refractivity contribution in [1.82, 2.24) is 9.97 Å². The molecule has 0 aliphatic rings. The van der Waals surface area contributed by atoms with E-state index in [1.807, 2.05) is 19.1 Å². The van der Waals surface area contributed by atoms with Crippen molar-refractivity contribution < 1.29 is 17.9 Å². The number of nitrogens with zero attached hydrogens (tertiary/aromatic N) is 2. The third-order valence-electron chi connectivity index (χ3n) is 3.60. The van der Waals surface area contributed by atoms with Gasteiger partial charge in [0.25, 0.3) is 0 Å². The predicted octanol–water partition coefficient (Wildman–Crippen LogP) is 5.99. The van der Waals surface area contributed by atoms with Crippen molar-refractivity contribution in [2.45, 2.75) is 13.1 Å². The highest BCUT2D eigenvalue weighted by Crippen LogP contribution is 2.35. The molecule has 0 fully saturated rings. The minimum atomic E-state index is -4.60. The van der Waals surface area contributed by atoms with Crippen LogP contribution in [0.15, 0.2) is 54.7 Å². The number of aromatic nitrogens is 2. The van der Waals surface area contributed by atoms with E-state index in [1.54, 1.807) is 36.4 Å². The normalized spacial score (nSPS) is 11.2. The molecule has 0 spiro atoms. The largest absolute Gasteiger partial charge is 0.494 e. The monoisotopic (exact) mass is 500 g/mol. The number of anilines is 4. The van der Waals surface area contributed by atoms with Gasteiger partial charge < -0.3 is 15.4 Å². The van der Waals surface area contributed by atoms with Gasteiger partial charge in [0, 0.05) is 27.2 Å². The van der Waals surface area contributed by atoms with Crippen molar-refractivity contribution in [3.8, 4) is 5.75 Å². The molecule has 0 aliphatic carbocycles. The van der Waals surface area contributed by atoms with E-state index in [4.69, 9.17) is 4.74 Å². The minimum Gasteiger partial charge on any atom is -0.494 e. The summed E-state index contributed by atoms with van der Waals surface area (Å²) >= 11 is 2.16. The SMILES string of the molecule is CCOc1cccc(Nc2nc(Nc3ccc(I)cc3)ncc2C(F)(F)F)c1. The van der Waals surface area contributed by atoms with E-state index in [1.165, 1.54) is 0 Å². The van der Waals surface area contributed by atoms with Gasteiger partial charge in [0.15, 0.2) is 0 Å². The van der Waals surface area contributed by atoms with Gasteiger partial charge in [-0.25, -0.2) is 4.98 Å². The maximum atomic E-state index is 13.4. The lowest BCUT2D eigenvalue weighted by atomic mass is 10.2. The Kier molecular flexibility index (Phi) is 6.22. The Labute approximate surface area is 173 Å². The molecule has 3 rings (SSSR count). The average molecular weight is 500 g/mol. The summed E-state index contributed by atoms with van der Waals surface area (Å²) in [4.78, 5) is 7.84. The zero-order chi connectivity index (χ0) is 20.1. The van der Waals surface area contributed by atoms with Gasteiger partial charge in [0.05, 0.1) is 6.61 Å². The molecule has 2 aromatic carbocycles. The highest BCUT2D eigenvalue weighted by atomic mass is 127. The van der Waals surface area contributed by atoms with E-state index in [2.05, 4.69) is 43.2 Å². The molecule has 0 bridgehead atoms. The summed E-state index contributed by atoms with van der Waals surface area (Å²) in [6.07, 6.45) is -3.84. The number of benzene rings is 2. The first-order valence-corrected chi connectivity index (χ1v) is 9.40. The number of nitrogens with one attached hydrogen (secondary N) is 2. The highest BCUT2D eigenvalue weighted by molar-refractivity contribution is 14.1. The van der Waals surface area contributed by atoms with Gasteiger partial charge >= 0.3 is 6.18 Å². The van der Waals surface area contributed by atoms with Crippen LogP contribution in [0, 0.1) is 3.57 Å². The molecule has 1 heterocycles. The van der Waals surface area contributed by atoms with Crippen molar-refractivity contribution in [1.29, 1.82) is 0 Å². The Hall–Kier alpha value is -2.56. The van der Waals surface area contributed by atoms with Crippen molar-refractivity contribution in [2.75, 3.05) is 17.2 Å². The summed E-state index contributed by atoms with van der Waals surface area (Å²) in [5, 5.41) is 5.63. The van der Waals surface area contributed by atoms with Crippen molar-refractivity contribution in [3.63, 3.8) is 0 Å². The highest BCUT2D eigenvalue weighted by Gasteiger charge is 2.35. The Bertz CT molecular complexity index is 949. The molecular weight excluding hydrogens is 484 g/mol. The second-order valence-corrected chi connectivity index (χ2v) is 6.92. The van der Waals surface area contributed by atoms with Crippen LogP contribution >= 0.6 is 22.6 Å². The maximum Gasteiger partial charge on any atom is 0.421 e. The Morgan fingerprint density at radius 2 is 1.79 bits per heavy atom. The first-order valence-electron chi connectivity index (χ1n) is 8.32. The lowest BCUT2D eigenvalue weighted by Crippen LogP contribution is -2.12. The van der Waals surface area contributed by atoms with Gasteiger partial charge in [0.2, 0.25) is 5.95 Å². The Balaban J connectivity index is 1.92. The van der Waals surface area contributed by atoms with E-state index in [0.717, 1.165) is 9.77 Å². The summed E-state index contributed by atoms with van der Waals surface area (Å²) in [7, 11) is 0. The fraction of sp³-hybridized carbons (Fsp3) is 0.158. The number of hydrogen-bond acceptors (Lipinski definition) is 5. The van der Waals surface area contributed by atoms with Crippen LogP contribution < -0.4 is 15.4 Å². The molecule has 0 atom stereocenters. The van der Waals surface area contributed by atoms with E-state index in [0.29, 0.717) is 23.7 Å². The number of rotatable bonds is 6. The second-order valence-electron chi connectivity index (χ2n) is 5.67. The smallest absolute Gasteiger partial charge is 0.421 e. The summed E-state index contributed by atoms with van der Waals surface area (Å²) in [6.45, 7) is 2.28. The molecule has 1 aromatic heterocycles. The van der Waals surface area contributed by atoms with E-state index >= 15 is 0 Å². The number of hydrogen-bond donors (Lipinski definition) is 2. The van der Waals surface area contributed by atoms with Crippen molar-refractivity contribution in [3.05, 3.63) is 63.9 Å². The lowest BCUT2D eigenvalue weighted by Gasteiger charge is -2.15. The van der Waals surface area contributed by atoms with Crippen LogP contribution in [-0.2, 0) is 6.18 Å². The van der Waals surface area contributed by atoms with Crippen LogP contribution in [0.2, 0.25) is 0 Å². The molecule has 146 valence electrons. The van der Waals surface area contributed by atoms with Crippen LogP contribution in [0.5, 0.6) is 5.75 Å². The fourth-order valence-electron chi connectivity index (χ4n) is 2.37. The van der Waals surface area contributed by atoms with Gasteiger partial charge in [-0.2, -0.15) is 18.2 Å². The standard InChI is InChI=1S/C19H16F3IN4O/c1-2-28-15-5-3-4-14(10-15)25-17-16(19(20,21)22)11-24-18(27-17)26-13-8-6-12(23)7-9-13/h3-11H,2H2,1H3,(H2,24,25,26,27). The van der Waals surface area contributed by atoms with Gasteiger partial charge in [0.1, 0.15) is 17.1 Å². The summed E-state index contributed by atoms with van der Waals surface area (Å²) in [5.74, 6) is 0.259. The van der Waals surface area contributed by atoms with Gasteiger partial charge in [-0.1, -0.05) is 6.07 Å². The van der Waals surface area contributed by atoms with E-state index in [-0.39, 0.29) is 11.8 Å². The predicted molar refractivity (Wildman–Crippen MR) is 110 cm³/mol. The van der Waals surface area contributed by atoms with Crippen molar-refractivity contribution >= 4 is 45.7 Å². The molecule has 0 radical (unpaired) electrons. The van der Waals surface area contributed by atoms with Gasteiger partial charge in [-0.3, -0.25) is 0 Å². The molecule has 28 heavy (non-hydrogen) atoms. The van der Waals surface area contributed by atoms with Crippen LogP contribution in [-0.4, -0.2) is 16.6 Å². The lowest BCUT2D eigenvalue weighted by molar-refractivity contribution is -0.137. The molecule has 9 heteroatoms. The van der Waals surface area contributed by atoms with E-state index in [9.17, 15) is 13.2 Å². The van der Waals surface area contributed by atoms with Gasteiger partial charge in [-0.15, -0.1) is 0 Å². The van der Waals surface area contributed by atoms with E-state index < -0.39 is 11.7 Å². The molecule has 0 amide bonds. The third kappa shape index (κ3) is 5.24. The molecule has 3 aromatic rings. The molecule has 0 aliphatic heterocycles. The molecular formula is C19H16F3IN4O. The Morgan fingerprint density at radius 1 is 1.04 bits per heavy atom. The molecule has 0 saturated carbocycles. The Morgan fingerprint density at radius 3 is 2.46 bits per heavy atom. The summed E-state index contributed by atoms with van der Waals surface area (Å²) in [6, 6.07) is 14.0. The zero-order valence-electron chi connectivity index (χ0n) is 14.7. The van der Waals surface area contributed by atoms with Crippen LogP contribution in [0.25, 0.3) is 0 Å². The summed E-state index contributed by atoms with van der Waals surface area (Å²) in [5.41, 5.74) is 0.141. The van der Waals surface area contributed by atoms with Crippen molar-refractivity contribution in [2.24, 2.45) is 0 Å². The minimum absolute atomic E-state index is 0.0534. The molecule has 0 unspecified atom stereocenters. The molecule has 5 nitrogen and oxygen atoms in total. The number of ether oxygens (including phenoxy) is 1. The maximum absolute atomic E-state index is 13.4. The number of halogens is 4. The van der Waals surface area contributed by atoms with Gasteiger partial charge in [-0.05, 0) is 65.9 Å². The quantitative estimate of drug-likeness (QED) is 0.408. The summed E-state index contributed by atoms with van der Waals surface area (Å²) < 4.78 is 46.6. The second kappa shape index (κ2) is 8.63. The fourth-order valence-corrected chi connectivity index (χ4v) is 2.73. The topological polar surface area (TPSA) is 59.1 Å².